The van der Waals surface area contributed by atoms with E-state index < -0.39 is 11.7 Å². The van der Waals surface area contributed by atoms with Crippen LogP contribution in [-0.2, 0) is 0 Å². The van der Waals surface area contributed by atoms with Crippen LogP contribution < -0.4 is 10.6 Å². The molecule has 2 N–H and O–H groups in total. The number of nitrogen functional groups attached to an aromatic ring is 1. The van der Waals surface area contributed by atoms with Gasteiger partial charge < -0.3 is 10.6 Å². The first-order valence-corrected chi connectivity index (χ1v) is 5.95. The van der Waals surface area contributed by atoms with E-state index in [4.69, 9.17) is 17.3 Å². The van der Waals surface area contributed by atoms with Crippen molar-refractivity contribution in [3.8, 4) is 0 Å². The molecule has 0 unspecified atom stereocenters. The molecule has 2 aromatic carbocycles. The molecule has 0 atom stereocenters. The van der Waals surface area contributed by atoms with Crippen LogP contribution >= 0.6 is 11.6 Å². The molecule has 2 rings (SSSR count). The van der Waals surface area contributed by atoms with E-state index >= 15 is 0 Å². The largest absolute Gasteiger partial charge is 0.399 e. The van der Waals surface area contributed by atoms with E-state index in [0.29, 0.717) is 16.4 Å². The van der Waals surface area contributed by atoms with Crippen molar-refractivity contribution in [3.63, 3.8) is 0 Å². The normalized spacial score (nSPS) is 10.3. The van der Waals surface area contributed by atoms with Gasteiger partial charge in [0.2, 0.25) is 0 Å². The maximum Gasteiger partial charge on any atom is 0.261 e. The minimum Gasteiger partial charge on any atom is -0.399 e. The number of hydrogen-bond acceptors (Lipinski definition) is 2. The van der Waals surface area contributed by atoms with Crippen molar-refractivity contribution in [2.24, 2.45) is 0 Å². The Bertz CT molecular complexity index is 631. The topological polar surface area (TPSA) is 46.3 Å². The van der Waals surface area contributed by atoms with Crippen LogP contribution in [-0.4, -0.2) is 13.0 Å². The van der Waals surface area contributed by atoms with Gasteiger partial charge in [0.05, 0.1) is 5.56 Å². The zero-order valence-electron chi connectivity index (χ0n) is 10.2. The molecule has 98 valence electrons. The number of nitrogens with zero attached hydrogens (tertiary/aromatic N) is 1. The SMILES string of the molecule is CN(C(=O)c1cc(Cl)ccc1F)c1cccc(N)c1. The third-order valence-electron chi connectivity index (χ3n) is 2.72. The quantitative estimate of drug-likeness (QED) is 0.857. The van der Waals surface area contributed by atoms with Crippen LogP contribution in [0.25, 0.3) is 0 Å². The molecule has 0 bridgehead atoms. The fourth-order valence-electron chi connectivity index (χ4n) is 1.69. The van der Waals surface area contributed by atoms with Gasteiger partial charge in [-0.3, -0.25) is 4.79 Å². The number of rotatable bonds is 2. The summed E-state index contributed by atoms with van der Waals surface area (Å²) in [5, 5.41) is 0.311. The zero-order chi connectivity index (χ0) is 14.0. The van der Waals surface area contributed by atoms with Gasteiger partial charge in [-0.2, -0.15) is 0 Å². The van der Waals surface area contributed by atoms with Gasteiger partial charge in [0.25, 0.3) is 5.91 Å². The molecule has 5 heteroatoms. The maximum absolute atomic E-state index is 13.6. The van der Waals surface area contributed by atoms with Crippen LogP contribution in [0.4, 0.5) is 15.8 Å². The molecule has 1 amide bonds. The van der Waals surface area contributed by atoms with E-state index in [1.54, 1.807) is 31.3 Å². The third kappa shape index (κ3) is 2.85. The van der Waals surface area contributed by atoms with Crippen molar-refractivity contribution >= 4 is 28.9 Å². The lowest BCUT2D eigenvalue weighted by Gasteiger charge is -2.18. The standard InChI is InChI=1S/C14H12ClFN2O/c1-18(11-4-2-3-10(17)8-11)14(19)12-7-9(15)5-6-13(12)16/h2-8H,17H2,1H3. The average Bonchev–Trinajstić information content (AvgIpc) is 2.40. The summed E-state index contributed by atoms with van der Waals surface area (Å²) in [6.07, 6.45) is 0. The molecule has 0 saturated carbocycles. The lowest BCUT2D eigenvalue weighted by atomic mass is 10.1. The summed E-state index contributed by atoms with van der Waals surface area (Å²) in [5.74, 6) is -1.09. The van der Waals surface area contributed by atoms with Gasteiger partial charge in [-0.05, 0) is 36.4 Å². The second kappa shape index (κ2) is 5.28. The molecule has 3 nitrogen and oxygen atoms in total. The number of anilines is 2. The molecule has 2 aromatic rings. The highest BCUT2D eigenvalue weighted by Crippen LogP contribution is 2.21. The minimum atomic E-state index is -0.606. The number of carbonyl (C=O) groups is 1. The molecular formula is C14H12ClFN2O. The van der Waals surface area contributed by atoms with Crippen LogP contribution in [0.5, 0.6) is 0 Å². The number of benzene rings is 2. The molecule has 0 fully saturated rings. The van der Waals surface area contributed by atoms with Crippen LogP contribution in [0.3, 0.4) is 0 Å². The van der Waals surface area contributed by atoms with Gasteiger partial charge in [0.1, 0.15) is 5.82 Å². The molecule has 19 heavy (non-hydrogen) atoms. The first-order chi connectivity index (χ1) is 8.99. The predicted octanol–water partition coefficient (Wildman–Crippen LogP) is 3.34. The van der Waals surface area contributed by atoms with Gasteiger partial charge in [-0.25, -0.2) is 4.39 Å². The van der Waals surface area contributed by atoms with Gasteiger partial charge in [0.15, 0.2) is 0 Å². The Morgan fingerprint density at radius 1 is 1.26 bits per heavy atom. The summed E-state index contributed by atoms with van der Waals surface area (Å²) in [6, 6.07) is 10.7. The fraction of sp³-hybridized carbons (Fsp3) is 0.0714. The van der Waals surface area contributed by atoms with E-state index in [-0.39, 0.29) is 5.56 Å². The van der Waals surface area contributed by atoms with Crippen LogP contribution in [0.2, 0.25) is 5.02 Å². The summed E-state index contributed by atoms with van der Waals surface area (Å²) < 4.78 is 13.6. The Kier molecular flexibility index (Phi) is 3.71. The van der Waals surface area contributed by atoms with Crippen molar-refractivity contribution < 1.29 is 9.18 Å². The minimum absolute atomic E-state index is 0.0718. The third-order valence-corrected chi connectivity index (χ3v) is 2.96. The second-order valence-electron chi connectivity index (χ2n) is 4.08. The Hall–Kier alpha value is -2.07. The van der Waals surface area contributed by atoms with E-state index in [1.807, 2.05) is 0 Å². The number of amides is 1. The lowest BCUT2D eigenvalue weighted by molar-refractivity contribution is 0.0989. The summed E-state index contributed by atoms with van der Waals surface area (Å²) in [4.78, 5) is 13.5. The van der Waals surface area contributed by atoms with Crippen molar-refractivity contribution in [3.05, 3.63) is 58.9 Å². The number of carbonyl (C=O) groups excluding carboxylic acids is 1. The molecule has 0 heterocycles. The Labute approximate surface area is 115 Å². The maximum atomic E-state index is 13.6. The summed E-state index contributed by atoms with van der Waals surface area (Å²) >= 11 is 5.78. The highest BCUT2D eigenvalue weighted by Gasteiger charge is 2.18. The summed E-state index contributed by atoms with van der Waals surface area (Å²) in [6.45, 7) is 0. The van der Waals surface area contributed by atoms with Gasteiger partial charge in [-0.15, -0.1) is 0 Å². The molecule has 0 aliphatic rings. The molecule has 0 aliphatic carbocycles. The van der Waals surface area contributed by atoms with Crippen molar-refractivity contribution in [1.29, 1.82) is 0 Å². The number of hydrogen-bond donors (Lipinski definition) is 1. The lowest BCUT2D eigenvalue weighted by Crippen LogP contribution is -2.27. The number of nitrogens with two attached hydrogens (primary N) is 1. The first-order valence-electron chi connectivity index (χ1n) is 5.57. The summed E-state index contributed by atoms with van der Waals surface area (Å²) in [7, 11) is 1.55. The fourth-order valence-corrected chi connectivity index (χ4v) is 1.86. The molecule has 0 radical (unpaired) electrons. The molecule has 0 aliphatic heterocycles. The highest BCUT2D eigenvalue weighted by molar-refractivity contribution is 6.31. The molecular weight excluding hydrogens is 267 g/mol. The van der Waals surface area contributed by atoms with Gasteiger partial charge in [-0.1, -0.05) is 17.7 Å². The molecule has 0 aromatic heterocycles. The zero-order valence-corrected chi connectivity index (χ0v) is 11.0. The van der Waals surface area contributed by atoms with Crippen LogP contribution in [0, 0.1) is 5.82 Å². The van der Waals surface area contributed by atoms with Crippen LogP contribution in [0.15, 0.2) is 42.5 Å². The predicted molar refractivity (Wildman–Crippen MR) is 75.0 cm³/mol. The Morgan fingerprint density at radius 2 is 2.00 bits per heavy atom. The van der Waals surface area contributed by atoms with E-state index in [2.05, 4.69) is 0 Å². The Morgan fingerprint density at radius 3 is 2.68 bits per heavy atom. The molecule has 0 saturated heterocycles. The van der Waals surface area contributed by atoms with E-state index in [1.165, 1.54) is 23.1 Å². The molecule has 0 spiro atoms. The van der Waals surface area contributed by atoms with Crippen molar-refractivity contribution in [2.45, 2.75) is 0 Å². The van der Waals surface area contributed by atoms with Gasteiger partial charge in [0, 0.05) is 23.4 Å². The van der Waals surface area contributed by atoms with E-state index in [0.717, 1.165) is 0 Å². The monoisotopic (exact) mass is 278 g/mol. The van der Waals surface area contributed by atoms with E-state index in [9.17, 15) is 9.18 Å². The summed E-state index contributed by atoms with van der Waals surface area (Å²) in [5.41, 5.74) is 6.70. The highest BCUT2D eigenvalue weighted by atomic mass is 35.5. The van der Waals surface area contributed by atoms with Gasteiger partial charge >= 0.3 is 0 Å². The Balaban J connectivity index is 2.36. The van der Waals surface area contributed by atoms with Crippen molar-refractivity contribution in [2.75, 3.05) is 17.7 Å². The number of halogens is 2. The van der Waals surface area contributed by atoms with Crippen LogP contribution in [0.1, 0.15) is 10.4 Å². The smallest absolute Gasteiger partial charge is 0.261 e. The van der Waals surface area contributed by atoms with Crippen molar-refractivity contribution in [1.82, 2.24) is 0 Å². The second-order valence-corrected chi connectivity index (χ2v) is 4.52. The average molecular weight is 279 g/mol. The first kappa shape index (κ1) is 13.4.